The van der Waals surface area contributed by atoms with Gasteiger partial charge >= 0.3 is 11.6 Å². The predicted molar refractivity (Wildman–Crippen MR) is 173 cm³/mol. The molecule has 1 spiro atoms. The van der Waals surface area contributed by atoms with E-state index < -0.39 is 23.2 Å². The molecule has 1 amide bonds. The molecule has 11 nitrogen and oxygen atoms in total. The van der Waals surface area contributed by atoms with Crippen LogP contribution in [-0.4, -0.2) is 82.8 Å². The number of halogens is 2. The Kier molecular flexibility index (Phi) is 7.81. The summed E-state index contributed by atoms with van der Waals surface area (Å²) in [5, 5.41) is 13.9. The van der Waals surface area contributed by atoms with Crippen molar-refractivity contribution in [2.24, 2.45) is 4.99 Å². The van der Waals surface area contributed by atoms with Crippen molar-refractivity contribution in [3.8, 4) is 23.1 Å². The molecule has 4 aliphatic rings. The van der Waals surface area contributed by atoms with Crippen LogP contribution in [0.4, 0.5) is 14.6 Å². The standard InChI is InChI=1S/C27H24FN5O5.C7H12FN/c1-13-21-20(24(35)38-22(13)17-11-16(34)10-15-6-4-7-18(28)19(15)17)23(31-26(30-21)37-3)33-9-5-8-27(12-33)25(36)29-14(2)32-27;8-6-4-7-2-1-3-9(7)5-6/h4,6-7,10-11,34H,5,8-9,12H2,1-3H3,(H,29,32,36);6-7H,1-5H2. The average molecular weight is 647 g/mol. The summed E-state index contributed by atoms with van der Waals surface area (Å²) in [7, 11) is 1.42. The highest BCUT2D eigenvalue weighted by Gasteiger charge is 2.46. The number of aliphatic imine (C=N–C) groups is 1. The smallest absolute Gasteiger partial charge is 0.349 e. The molecule has 0 radical (unpaired) electrons. The monoisotopic (exact) mass is 646 g/mol. The van der Waals surface area contributed by atoms with Gasteiger partial charge in [0.2, 0.25) is 0 Å². The van der Waals surface area contributed by atoms with Crippen molar-refractivity contribution in [1.82, 2.24) is 20.2 Å². The predicted octanol–water partition coefficient (Wildman–Crippen LogP) is 4.64. The molecule has 3 fully saturated rings. The Balaban J connectivity index is 0.000000334. The van der Waals surface area contributed by atoms with Gasteiger partial charge in [0.05, 0.1) is 19.2 Å². The zero-order valence-electron chi connectivity index (χ0n) is 26.5. The Morgan fingerprint density at radius 2 is 1.96 bits per heavy atom. The molecule has 0 bridgehead atoms. The second kappa shape index (κ2) is 11.9. The van der Waals surface area contributed by atoms with E-state index in [2.05, 4.69) is 25.2 Å². The van der Waals surface area contributed by atoms with Gasteiger partial charge in [0.1, 0.15) is 34.7 Å². The van der Waals surface area contributed by atoms with E-state index in [-0.39, 0.29) is 57.6 Å². The molecule has 3 saturated heterocycles. The number of hydrogen-bond donors (Lipinski definition) is 2. The van der Waals surface area contributed by atoms with Gasteiger partial charge in [-0.25, -0.2) is 13.6 Å². The largest absolute Gasteiger partial charge is 0.508 e. The number of nitrogens with zero attached hydrogens (tertiary/aromatic N) is 5. The fourth-order valence-electron chi connectivity index (χ4n) is 7.54. The molecule has 13 heteroatoms. The molecule has 3 unspecified atom stereocenters. The van der Waals surface area contributed by atoms with Crippen LogP contribution < -0.4 is 20.6 Å². The van der Waals surface area contributed by atoms with E-state index in [1.54, 1.807) is 19.9 Å². The molecule has 246 valence electrons. The van der Waals surface area contributed by atoms with E-state index in [1.807, 2.05) is 4.90 Å². The lowest BCUT2D eigenvalue weighted by Gasteiger charge is -2.37. The number of methoxy groups -OCH3 is 1. The first-order valence-corrected chi connectivity index (χ1v) is 15.9. The summed E-state index contributed by atoms with van der Waals surface area (Å²) in [6.07, 6.45) is 4.03. The molecule has 2 N–H and O–H groups in total. The highest BCUT2D eigenvalue weighted by molar-refractivity contribution is 6.08. The van der Waals surface area contributed by atoms with Crippen LogP contribution in [-0.2, 0) is 4.79 Å². The van der Waals surface area contributed by atoms with Gasteiger partial charge in [-0.2, -0.15) is 9.97 Å². The van der Waals surface area contributed by atoms with Crippen molar-refractivity contribution < 1.29 is 27.8 Å². The number of alkyl halides is 1. The number of fused-ring (bicyclic) bond motifs is 3. The fourth-order valence-corrected chi connectivity index (χ4v) is 7.54. The van der Waals surface area contributed by atoms with Crippen LogP contribution in [0.3, 0.4) is 0 Å². The molecule has 4 aliphatic heterocycles. The summed E-state index contributed by atoms with van der Waals surface area (Å²) >= 11 is 0. The van der Waals surface area contributed by atoms with Crippen LogP contribution in [0.15, 0.2) is 44.5 Å². The molecule has 0 aliphatic carbocycles. The van der Waals surface area contributed by atoms with Crippen molar-refractivity contribution in [1.29, 1.82) is 0 Å². The number of benzene rings is 2. The number of nitrogens with one attached hydrogen (secondary N) is 1. The number of aromatic hydroxyl groups is 1. The van der Waals surface area contributed by atoms with Crippen LogP contribution in [0.5, 0.6) is 11.8 Å². The summed E-state index contributed by atoms with van der Waals surface area (Å²) < 4.78 is 38.7. The number of aryl methyl sites for hydroxylation is 1. The summed E-state index contributed by atoms with van der Waals surface area (Å²) in [5.41, 5.74) is -0.781. The van der Waals surface area contributed by atoms with Gasteiger partial charge < -0.3 is 24.5 Å². The molecular weight excluding hydrogens is 610 g/mol. The number of amidine groups is 1. The molecule has 6 heterocycles. The number of hydrogen-bond acceptors (Lipinski definition) is 10. The third-order valence-electron chi connectivity index (χ3n) is 9.63. The van der Waals surface area contributed by atoms with Crippen LogP contribution in [0.25, 0.3) is 33.0 Å². The first kappa shape index (κ1) is 31.0. The van der Waals surface area contributed by atoms with Gasteiger partial charge in [-0.3, -0.25) is 14.7 Å². The summed E-state index contributed by atoms with van der Waals surface area (Å²) in [4.78, 5) is 43.9. The Morgan fingerprint density at radius 1 is 1.13 bits per heavy atom. The van der Waals surface area contributed by atoms with Crippen molar-refractivity contribution in [2.75, 3.05) is 38.2 Å². The Hall–Kier alpha value is -4.65. The fraction of sp³-hybridized carbons (Fsp3) is 0.441. The number of phenolic OH excluding ortho intramolecular Hbond substituents is 1. The molecule has 4 aromatic rings. The minimum absolute atomic E-state index is 0.0225. The van der Waals surface area contributed by atoms with Gasteiger partial charge in [-0.05, 0) is 76.1 Å². The second-order valence-corrected chi connectivity index (χ2v) is 12.8. The van der Waals surface area contributed by atoms with Crippen molar-refractivity contribution >= 4 is 39.2 Å². The maximum atomic E-state index is 14.9. The summed E-state index contributed by atoms with van der Waals surface area (Å²) in [6.45, 7) is 6.04. The highest BCUT2D eigenvalue weighted by Crippen LogP contribution is 2.39. The van der Waals surface area contributed by atoms with Crippen LogP contribution in [0, 0.1) is 12.7 Å². The number of rotatable bonds is 3. The topological polar surface area (TPSA) is 133 Å². The zero-order chi connectivity index (χ0) is 33.0. The number of piperidine rings is 1. The summed E-state index contributed by atoms with van der Waals surface area (Å²) in [5.74, 6) is 0.0795. The van der Waals surface area contributed by atoms with E-state index in [4.69, 9.17) is 9.15 Å². The average Bonchev–Trinajstić information content (AvgIpc) is 3.70. The number of carbonyl (C=O) groups excluding carboxylic acids is 1. The molecule has 2 aromatic heterocycles. The molecule has 2 aromatic carbocycles. The second-order valence-electron chi connectivity index (χ2n) is 12.8. The van der Waals surface area contributed by atoms with E-state index in [1.165, 1.54) is 44.2 Å². The maximum Gasteiger partial charge on any atom is 0.349 e. The molecule has 47 heavy (non-hydrogen) atoms. The van der Waals surface area contributed by atoms with Crippen molar-refractivity contribution in [3.05, 3.63) is 52.1 Å². The lowest BCUT2D eigenvalue weighted by Crippen LogP contribution is -2.53. The first-order chi connectivity index (χ1) is 22.6. The lowest BCUT2D eigenvalue weighted by atomic mass is 9.89. The molecule has 0 saturated carbocycles. The molecule has 8 rings (SSSR count). The van der Waals surface area contributed by atoms with E-state index in [0.717, 1.165) is 13.0 Å². The number of carbonyl (C=O) groups is 1. The van der Waals surface area contributed by atoms with E-state index in [0.29, 0.717) is 48.8 Å². The Morgan fingerprint density at radius 3 is 2.70 bits per heavy atom. The number of aromatic nitrogens is 2. The van der Waals surface area contributed by atoms with Crippen LogP contribution in [0.2, 0.25) is 0 Å². The normalized spacial score (nSPS) is 24.0. The number of amides is 1. The van der Waals surface area contributed by atoms with Gasteiger partial charge in [-0.15, -0.1) is 0 Å². The minimum atomic E-state index is -0.972. The number of ether oxygens (including phenoxy) is 1. The van der Waals surface area contributed by atoms with Crippen molar-refractivity contribution in [3.63, 3.8) is 0 Å². The Bertz CT molecular complexity index is 1990. The third kappa shape index (κ3) is 5.45. The SMILES string of the molecule is COc1nc(N2CCCC3(C2)N=C(C)NC3=O)c2c(=O)oc(-c3cc(O)cc4cccc(F)c34)c(C)c2n1.FC1CC2CCCN2C1. The van der Waals surface area contributed by atoms with E-state index >= 15 is 0 Å². The minimum Gasteiger partial charge on any atom is -0.508 e. The lowest BCUT2D eigenvalue weighted by molar-refractivity contribution is -0.124. The van der Waals surface area contributed by atoms with Gasteiger partial charge in [0.15, 0.2) is 11.4 Å². The molecule has 3 atom stereocenters. The third-order valence-corrected chi connectivity index (χ3v) is 9.63. The quantitative estimate of drug-likeness (QED) is 0.327. The number of phenols is 1. The zero-order valence-corrected chi connectivity index (χ0v) is 26.5. The van der Waals surface area contributed by atoms with E-state index in [9.17, 15) is 23.5 Å². The maximum absolute atomic E-state index is 14.9. The molecular formula is C34H36F2N6O5. The van der Waals surface area contributed by atoms with Crippen LogP contribution >= 0.6 is 0 Å². The van der Waals surface area contributed by atoms with Gasteiger partial charge in [0.25, 0.3) is 5.91 Å². The number of anilines is 1. The van der Waals surface area contributed by atoms with Gasteiger partial charge in [-0.1, -0.05) is 12.1 Å². The summed E-state index contributed by atoms with van der Waals surface area (Å²) in [6, 6.07) is 7.93. The first-order valence-electron chi connectivity index (χ1n) is 15.9. The van der Waals surface area contributed by atoms with Crippen molar-refractivity contribution in [2.45, 2.75) is 63.7 Å². The Labute approximate surface area is 269 Å². The highest BCUT2D eigenvalue weighted by atomic mass is 19.1. The van der Waals surface area contributed by atoms with Crippen LogP contribution in [0.1, 0.15) is 44.6 Å². The van der Waals surface area contributed by atoms with Gasteiger partial charge in [0, 0.05) is 35.6 Å².